The maximum Gasteiger partial charge on any atom is 0.326 e. The Morgan fingerprint density at radius 2 is 1.89 bits per heavy atom. The van der Waals surface area contributed by atoms with Gasteiger partial charge in [-0.1, -0.05) is 0 Å². The summed E-state index contributed by atoms with van der Waals surface area (Å²) in [6.07, 6.45) is 6.94. The Morgan fingerprint density at radius 3 is 2.63 bits per heavy atom. The lowest BCUT2D eigenvalue weighted by molar-refractivity contribution is 0.122. The molecule has 1 aromatic carbocycles. The predicted molar refractivity (Wildman–Crippen MR) is 104 cm³/mol. The number of rotatable bonds is 3. The van der Waals surface area contributed by atoms with Gasteiger partial charge < -0.3 is 19.3 Å². The number of H-pyrrole nitrogens is 2. The number of pyridine rings is 1. The third kappa shape index (κ3) is 2.27. The molecule has 1 aliphatic carbocycles. The molecule has 0 atom stereocenters. The minimum atomic E-state index is -0.173. The number of nitrogens with one attached hydrogen (secondary N) is 2. The molecule has 0 unspecified atom stereocenters. The zero-order valence-electron chi connectivity index (χ0n) is 15.2. The van der Waals surface area contributed by atoms with E-state index in [-0.39, 0.29) is 17.4 Å². The molecule has 138 valence electrons. The summed E-state index contributed by atoms with van der Waals surface area (Å²) in [7, 11) is 3.48. The summed E-state index contributed by atoms with van der Waals surface area (Å²) in [4.78, 5) is 30.5. The third-order valence-electron chi connectivity index (χ3n) is 5.55. The van der Waals surface area contributed by atoms with Crippen LogP contribution in [0.1, 0.15) is 19.3 Å². The summed E-state index contributed by atoms with van der Waals surface area (Å²) in [5, 5.41) is 0.842. The van der Waals surface area contributed by atoms with Crippen molar-refractivity contribution in [1.82, 2.24) is 19.1 Å². The first-order valence-corrected chi connectivity index (χ1v) is 9.10. The highest BCUT2D eigenvalue weighted by Gasteiger charge is 2.24. The van der Waals surface area contributed by atoms with Crippen LogP contribution in [0.25, 0.3) is 33.1 Å². The summed E-state index contributed by atoms with van der Waals surface area (Å²) in [6, 6.07) is 5.78. The van der Waals surface area contributed by atoms with E-state index in [0.717, 1.165) is 41.3 Å². The standard InChI is InChI=1S/C20H20N4O3/c1-23-10-14(12-8-9-21-16(12)19(23)25)13-6-7-15-17(22-20(26)24(15)2)18(13)27-11-4-3-5-11/h6-11,21H,3-5H2,1-2H3,(H,22,26). The lowest BCUT2D eigenvalue weighted by Crippen LogP contribution is -2.25. The number of ether oxygens (including phenoxy) is 1. The van der Waals surface area contributed by atoms with Crippen LogP contribution in [0.2, 0.25) is 0 Å². The fraction of sp³-hybridized carbons (Fsp3) is 0.300. The zero-order valence-corrected chi connectivity index (χ0v) is 15.2. The minimum Gasteiger partial charge on any atom is -0.488 e. The Kier molecular flexibility index (Phi) is 3.34. The lowest BCUT2D eigenvalue weighted by atomic mass is 9.95. The van der Waals surface area contributed by atoms with Crippen molar-refractivity contribution in [2.75, 3.05) is 0 Å². The summed E-state index contributed by atoms with van der Waals surface area (Å²) in [5.74, 6) is 0.677. The fourth-order valence-electron chi connectivity index (χ4n) is 3.75. The van der Waals surface area contributed by atoms with E-state index in [1.54, 1.807) is 29.4 Å². The number of fused-ring (bicyclic) bond motifs is 2. The highest BCUT2D eigenvalue weighted by molar-refractivity contribution is 6.00. The smallest absolute Gasteiger partial charge is 0.326 e. The van der Waals surface area contributed by atoms with E-state index >= 15 is 0 Å². The number of hydrogen-bond acceptors (Lipinski definition) is 3. The van der Waals surface area contributed by atoms with Crippen LogP contribution in [-0.4, -0.2) is 25.2 Å². The molecule has 3 aromatic heterocycles. The van der Waals surface area contributed by atoms with Crippen LogP contribution in [0, 0.1) is 0 Å². The van der Waals surface area contributed by atoms with Crippen LogP contribution < -0.4 is 16.0 Å². The number of aromatic amines is 2. The van der Waals surface area contributed by atoms with Gasteiger partial charge in [0.15, 0.2) is 5.75 Å². The van der Waals surface area contributed by atoms with Crippen LogP contribution in [0.15, 0.2) is 40.2 Å². The second-order valence-corrected chi connectivity index (χ2v) is 7.22. The lowest BCUT2D eigenvalue weighted by Gasteiger charge is -2.28. The molecule has 0 amide bonds. The number of imidazole rings is 1. The molecule has 0 bridgehead atoms. The number of aryl methyl sites for hydroxylation is 2. The SMILES string of the molecule is Cn1cc(-c2ccc3c([nH]c(=O)n3C)c2OC2CCC2)c2cc[nH]c2c1=O. The molecular formula is C20H20N4O3. The minimum absolute atomic E-state index is 0.0746. The van der Waals surface area contributed by atoms with Crippen molar-refractivity contribution < 1.29 is 4.74 Å². The number of benzene rings is 1. The summed E-state index contributed by atoms with van der Waals surface area (Å²) >= 11 is 0. The molecule has 0 spiro atoms. The summed E-state index contributed by atoms with van der Waals surface area (Å²) < 4.78 is 9.48. The first-order valence-electron chi connectivity index (χ1n) is 9.10. The van der Waals surface area contributed by atoms with E-state index in [1.165, 1.54) is 0 Å². The molecule has 7 nitrogen and oxygen atoms in total. The quantitative estimate of drug-likeness (QED) is 0.586. The molecule has 0 saturated heterocycles. The van der Waals surface area contributed by atoms with E-state index in [0.29, 0.717) is 16.8 Å². The van der Waals surface area contributed by atoms with Crippen molar-refractivity contribution >= 4 is 21.9 Å². The van der Waals surface area contributed by atoms with Gasteiger partial charge in [-0.05, 0) is 37.5 Å². The van der Waals surface area contributed by atoms with E-state index < -0.39 is 0 Å². The highest BCUT2D eigenvalue weighted by atomic mass is 16.5. The van der Waals surface area contributed by atoms with Crippen molar-refractivity contribution in [3.63, 3.8) is 0 Å². The Labute approximate surface area is 154 Å². The second kappa shape index (κ2) is 5.64. The average molecular weight is 364 g/mol. The summed E-state index contributed by atoms with van der Waals surface area (Å²) in [5.41, 5.74) is 3.58. The highest BCUT2D eigenvalue weighted by Crippen LogP contribution is 2.40. The monoisotopic (exact) mass is 364 g/mol. The number of aromatic nitrogens is 4. The molecule has 2 N–H and O–H groups in total. The molecule has 4 aromatic rings. The van der Waals surface area contributed by atoms with Gasteiger partial charge in [-0.25, -0.2) is 4.79 Å². The molecule has 1 fully saturated rings. The molecule has 0 radical (unpaired) electrons. The average Bonchev–Trinajstić information content (AvgIpc) is 3.21. The molecule has 7 heteroatoms. The number of hydrogen-bond donors (Lipinski definition) is 2. The van der Waals surface area contributed by atoms with Crippen LogP contribution in [0.5, 0.6) is 5.75 Å². The maximum absolute atomic E-state index is 12.4. The molecule has 0 aliphatic heterocycles. The largest absolute Gasteiger partial charge is 0.488 e. The topological polar surface area (TPSA) is 84.8 Å². The normalized spacial score (nSPS) is 14.7. The van der Waals surface area contributed by atoms with Gasteiger partial charge in [0.2, 0.25) is 0 Å². The van der Waals surface area contributed by atoms with E-state index in [9.17, 15) is 9.59 Å². The number of nitrogens with zero attached hydrogens (tertiary/aromatic N) is 2. The Balaban J connectivity index is 1.84. The maximum atomic E-state index is 12.4. The molecular weight excluding hydrogens is 344 g/mol. The second-order valence-electron chi connectivity index (χ2n) is 7.22. The molecule has 27 heavy (non-hydrogen) atoms. The van der Waals surface area contributed by atoms with Gasteiger partial charge in [0.25, 0.3) is 5.56 Å². The first-order chi connectivity index (χ1) is 13.0. The van der Waals surface area contributed by atoms with Gasteiger partial charge in [0, 0.05) is 43.0 Å². The van der Waals surface area contributed by atoms with Gasteiger partial charge in [0.1, 0.15) is 11.0 Å². The van der Waals surface area contributed by atoms with E-state index in [2.05, 4.69) is 9.97 Å². The molecule has 1 aliphatic rings. The Morgan fingerprint density at radius 1 is 1.07 bits per heavy atom. The molecule has 3 heterocycles. The van der Waals surface area contributed by atoms with Crippen molar-refractivity contribution in [1.29, 1.82) is 0 Å². The van der Waals surface area contributed by atoms with Crippen LogP contribution in [0.4, 0.5) is 0 Å². The van der Waals surface area contributed by atoms with Gasteiger partial charge in [-0.3, -0.25) is 9.36 Å². The predicted octanol–water partition coefficient (Wildman–Crippen LogP) is 2.64. The first kappa shape index (κ1) is 16.0. The van der Waals surface area contributed by atoms with E-state index in [1.807, 2.05) is 24.4 Å². The van der Waals surface area contributed by atoms with E-state index in [4.69, 9.17) is 4.74 Å². The Hall–Kier alpha value is -3.22. The van der Waals surface area contributed by atoms with Gasteiger partial charge >= 0.3 is 5.69 Å². The van der Waals surface area contributed by atoms with Gasteiger partial charge in [-0.2, -0.15) is 0 Å². The van der Waals surface area contributed by atoms with Crippen molar-refractivity contribution in [2.45, 2.75) is 25.4 Å². The summed E-state index contributed by atoms with van der Waals surface area (Å²) in [6.45, 7) is 0. The molecule has 1 saturated carbocycles. The fourth-order valence-corrected chi connectivity index (χ4v) is 3.75. The van der Waals surface area contributed by atoms with Crippen molar-refractivity contribution in [3.05, 3.63) is 51.4 Å². The van der Waals surface area contributed by atoms with Gasteiger partial charge in [-0.15, -0.1) is 0 Å². The van der Waals surface area contributed by atoms with Crippen LogP contribution in [-0.2, 0) is 14.1 Å². The van der Waals surface area contributed by atoms with Crippen molar-refractivity contribution in [2.24, 2.45) is 14.1 Å². The van der Waals surface area contributed by atoms with Crippen LogP contribution in [0.3, 0.4) is 0 Å². The van der Waals surface area contributed by atoms with Crippen molar-refractivity contribution in [3.8, 4) is 16.9 Å². The third-order valence-corrected chi connectivity index (χ3v) is 5.55. The molecule has 5 rings (SSSR count). The van der Waals surface area contributed by atoms with Gasteiger partial charge in [0.05, 0.1) is 11.6 Å². The zero-order chi connectivity index (χ0) is 18.7. The Bertz CT molecular complexity index is 1300. The van der Waals surface area contributed by atoms with Crippen LogP contribution >= 0.6 is 0 Å².